The maximum absolute atomic E-state index is 12.2. The summed E-state index contributed by atoms with van der Waals surface area (Å²) in [5, 5.41) is 11.9. The van der Waals surface area contributed by atoms with Crippen LogP contribution in [0.5, 0.6) is 0 Å². The molecule has 25 heavy (non-hydrogen) atoms. The van der Waals surface area contributed by atoms with E-state index in [2.05, 4.69) is 53.1 Å². The van der Waals surface area contributed by atoms with E-state index in [1.807, 2.05) is 13.1 Å². The van der Waals surface area contributed by atoms with E-state index in [9.17, 15) is 4.79 Å². The summed E-state index contributed by atoms with van der Waals surface area (Å²) >= 11 is 0. The Labute approximate surface area is 146 Å². The number of aromatic amines is 1. The molecule has 1 N–H and O–H groups in total. The second-order valence-corrected chi connectivity index (χ2v) is 6.44. The van der Waals surface area contributed by atoms with Crippen molar-refractivity contribution in [2.24, 2.45) is 0 Å². The van der Waals surface area contributed by atoms with Crippen molar-refractivity contribution in [3.05, 3.63) is 69.3 Å². The van der Waals surface area contributed by atoms with Gasteiger partial charge in [0.1, 0.15) is 11.6 Å². The number of benzene rings is 1. The first-order valence-corrected chi connectivity index (χ1v) is 8.24. The van der Waals surface area contributed by atoms with Crippen LogP contribution in [0.1, 0.15) is 29.3 Å². The van der Waals surface area contributed by atoms with Gasteiger partial charge in [-0.2, -0.15) is 5.26 Å². The molecule has 3 rings (SSSR count). The number of rotatable bonds is 5. The Balaban J connectivity index is 1.79. The summed E-state index contributed by atoms with van der Waals surface area (Å²) in [6, 6.07) is 12.2. The molecule has 0 amide bonds. The maximum atomic E-state index is 12.2. The van der Waals surface area contributed by atoms with Crippen LogP contribution in [0.25, 0.3) is 5.65 Å². The molecular weight excluding hydrogens is 314 g/mol. The van der Waals surface area contributed by atoms with Gasteiger partial charge in [0, 0.05) is 24.8 Å². The van der Waals surface area contributed by atoms with Crippen molar-refractivity contribution in [3.63, 3.8) is 0 Å². The highest BCUT2D eigenvalue weighted by molar-refractivity contribution is 5.53. The van der Waals surface area contributed by atoms with Gasteiger partial charge in [-0.3, -0.25) is 14.8 Å². The first-order valence-electron chi connectivity index (χ1n) is 8.24. The minimum Gasteiger partial charge on any atom is -0.298 e. The minimum absolute atomic E-state index is 0.207. The zero-order valence-corrected chi connectivity index (χ0v) is 14.7. The zero-order chi connectivity index (χ0) is 18.0. The number of H-pyrrole nitrogens is 1. The molecule has 2 aromatic heterocycles. The lowest BCUT2D eigenvalue weighted by Gasteiger charge is -2.25. The number of nitriles is 1. The van der Waals surface area contributed by atoms with Gasteiger partial charge in [-0.1, -0.05) is 24.3 Å². The smallest absolute Gasteiger partial charge is 0.272 e. The normalized spacial score (nSPS) is 12.4. The fraction of sp³-hybridized carbons (Fsp3) is 0.316. The molecule has 1 unspecified atom stereocenters. The Hall–Kier alpha value is -2.91. The lowest BCUT2D eigenvalue weighted by Crippen LogP contribution is -2.31. The van der Waals surface area contributed by atoms with Gasteiger partial charge in [-0.05, 0) is 38.4 Å². The third kappa shape index (κ3) is 3.47. The number of nitrogens with zero attached hydrogens (tertiary/aromatic N) is 4. The van der Waals surface area contributed by atoms with Gasteiger partial charge in [0.05, 0.1) is 5.69 Å². The highest BCUT2D eigenvalue weighted by Gasteiger charge is 2.14. The predicted molar refractivity (Wildman–Crippen MR) is 96.3 cm³/mol. The monoisotopic (exact) mass is 335 g/mol. The topological polar surface area (TPSA) is 77.2 Å². The average molecular weight is 335 g/mol. The summed E-state index contributed by atoms with van der Waals surface area (Å²) in [4.78, 5) is 18.8. The second kappa shape index (κ2) is 6.91. The van der Waals surface area contributed by atoms with Crippen LogP contribution in [0.2, 0.25) is 0 Å². The zero-order valence-electron chi connectivity index (χ0n) is 14.7. The Morgan fingerprint density at radius 2 is 2.16 bits per heavy atom. The van der Waals surface area contributed by atoms with Gasteiger partial charge >= 0.3 is 0 Å². The van der Waals surface area contributed by atoms with E-state index < -0.39 is 0 Å². The van der Waals surface area contributed by atoms with E-state index in [1.54, 1.807) is 0 Å². The van der Waals surface area contributed by atoms with Crippen LogP contribution in [0.3, 0.4) is 0 Å². The van der Waals surface area contributed by atoms with Crippen LogP contribution >= 0.6 is 0 Å². The van der Waals surface area contributed by atoms with Gasteiger partial charge in [0.25, 0.3) is 5.56 Å². The molecule has 0 saturated heterocycles. The average Bonchev–Trinajstić information content (AvgIpc) is 3.00. The molecule has 6 heteroatoms. The van der Waals surface area contributed by atoms with E-state index in [-0.39, 0.29) is 5.56 Å². The van der Waals surface area contributed by atoms with Crippen molar-refractivity contribution in [1.82, 2.24) is 19.5 Å². The van der Waals surface area contributed by atoms with Crippen molar-refractivity contribution in [2.45, 2.75) is 32.9 Å². The Bertz CT molecular complexity index is 995. The molecule has 128 valence electrons. The third-order valence-corrected chi connectivity index (χ3v) is 4.61. The van der Waals surface area contributed by atoms with E-state index in [4.69, 9.17) is 5.26 Å². The summed E-state index contributed by atoms with van der Waals surface area (Å²) in [7, 11) is 2.02. The third-order valence-electron chi connectivity index (χ3n) is 4.61. The molecule has 3 aromatic rings. The molecule has 0 spiro atoms. The molecular formula is C19H21N5O. The quantitative estimate of drug-likeness (QED) is 0.776. The van der Waals surface area contributed by atoms with E-state index in [0.717, 1.165) is 6.42 Å². The van der Waals surface area contributed by atoms with Gasteiger partial charge in [0.15, 0.2) is 5.65 Å². The number of hydrogen-bond donors (Lipinski definition) is 1. The number of nitrogens with one attached hydrogen (secondary N) is 1. The summed E-state index contributed by atoms with van der Waals surface area (Å²) in [6.07, 6.45) is 2.43. The summed E-state index contributed by atoms with van der Waals surface area (Å²) in [6.45, 7) is 4.83. The van der Waals surface area contributed by atoms with Gasteiger partial charge < -0.3 is 0 Å². The van der Waals surface area contributed by atoms with Crippen molar-refractivity contribution < 1.29 is 0 Å². The fourth-order valence-electron chi connectivity index (χ4n) is 2.92. The lowest BCUT2D eigenvalue weighted by atomic mass is 10.0. The first-order chi connectivity index (χ1) is 12.0. The number of aryl methyl sites for hydroxylation is 1. The standard InChI is InChI=1S/C19H21N5O/c1-13-6-4-5-7-15(13)8-14(2)23(3)12-17-9-18(25)24-19(22-17)16(10-20)11-21-24/h4-7,9,11,14,21H,8,12H2,1-3H3. The SMILES string of the molecule is Cc1ccccc1CC(C)N(C)Cc1cc(=O)n2[nH]cc(C#N)c2n1. The molecule has 1 atom stereocenters. The molecule has 0 aliphatic heterocycles. The van der Waals surface area contributed by atoms with Gasteiger partial charge in [0.2, 0.25) is 0 Å². The van der Waals surface area contributed by atoms with E-state index >= 15 is 0 Å². The molecule has 1 aromatic carbocycles. The number of likely N-dealkylation sites (N-methyl/N-ethyl adjacent to an activating group) is 1. The largest absolute Gasteiger partial charge is 0.298 e. The molecule has 0 aliphatic rings. The van der Waals surface area contributed by atoms with E-state index in [1.165, 1.54) is 27.9 Å². The summed E-state index contributed by atoms with van der Waals surface area (Å²) < 4.78 is 1.29. The summed E-state index contributed by atoms with van der Waals surface area (Å²) in [5.74, 6) is 0. The van der Waals surface area contributed by atoms with Crippen LogP contribution in [0.4, 0.5) is 0 Å². The van der Waals surface area contributed by atoms with Crippen LogP contribution in [-0.2, 0) is 13.0 Å². The molecule has 6 nitrogen and oxygen atoms in total. The highest BCUT2D eigenvalue weighted by atomic mass is 16.1. The van der Waals surface area contributed by atoms with Gasteiger partial charge in [-0.15, -0.1) is 0 Å². The highest BCUT2D eigenvalue weighted by Crippen LogP contribution is 2.14. The molecule has 0 fully saturated rings. The Morgan fingerprint density at radius 3 is 2.88 bits per heavy atom. The minimum atomic E-state index is -0.207. The van der Waals surface area contributed by atoms with Crippen LogP contribution in [-0.4, -0.2) is 32.6 Å². The number of hydrogen-bond acceptors (Lipinski definition) is 4. The molecule has 2 heterocycles. The second-order valence-electron chi connectivity index (χ2n) is 6.44. The predicted octanol–water partition coefficient (Wildman–Crippen LogP) is 2.27. The Morgan fingerprint density at radius 1 is 1.40 bits per heavy atom. The van der Waals surface area contributed by atoms with Crippen LogP contribution in [0.15, 0.2) is 41.3 Å². The lowest BCUT2D eigenvalue weighted by molar-refractivity contribution is 0.245. The first kappa shape index (κ1) is 16.9. The molecule has 0 radical (unpaired) electrons. The number of aromatic nitrogens is 3. The molecule has 0 bridgehead atoms. The number of fused-ring (bicyclic) bond motifs is 1. The van der Waals surface area contributed by atoms with Crippen molar-refractivity contribution >= 4 is 5.65 Å². The van der Waals surface area contributed by atoms with Gasteiger partial charge in [-0.25, -0.2) is 9.50 Å². The van der Waals surface area contributed by atoms with E-state index in [0.29, 0.717) is 29.5 Å². The molecule has 0 aliphatic carbocycles. The van der Waals surface area contributed by atoms with Crippen molar-refractivity contribution in [2.75, 3.05) is 7.05 Å². The van der Waals surface area contributed by atoms with Crippen molar-refractivity contribution in [1.29, 1.82) is 5.26 Å². The maximum Gasteiger partial charge on any atom is 0.272 e. The molecule has 0 saturated carbocycles. The fourth-order valence-corrected chi connectivity index (χ4v) is 2.92. The van der Waals surface area contributed by atoms with Crippen molar-refractivity contribution in [3.8, 4) is 6.07 Å². The Kier molecular flexibility index (Phi) is 4.68. The van der Waals surface area contributed by atoms with Crippen LogP contribution < -0.4 is 5.56 Å². The summed E-state index contributed by atoms with van der Waals surface area (Å²) in [5.41, 5.74) is 3.82. The van der Waals surface area contributed by atoms with Crippen LogP contribution in [0, 0.1) is 18.3 Å².